The van der Waals surface area contributed by atoms with Gasteiger partial charge in [0.1, 0.15) is 0 Å². The van der Waals surface area contributed by atoms with Crippen LogP contribution in [-0.2, 0) is 0 Å². The van der Waals surface area contributed by atoms with Gasteiger partial charge in [0, 0.05) is 21.5 Å². The summed E-state index contributed by atoms with van der Waals surface area (Å²) in [6, 6.07) is 4.28. The summed E-state index contributed by atoms with van der Waals surface area (Å²) in [5, 5.41) is 1.12. The van der Waals surface area contributed by atoms with Crippen molar-refractivity contribution in [3.8, 4) is 0 Å². The predicted octanol–water partition coefficient (Wildman–Crippen LogP) is 4.56. The summed E-state index contributed by atoms with van der Waals surface area (Å²) >= 11 is 3.65. The highest BCUT2D eigenvalue weighted by Crippen LogP contribution is 2.38. The third kappa shape index (κ3) is 2.21. The van der Waals surface area contributed by atoms with Gasteiger partial charge in [-0.05, 0) is 49.9 Å². The van der Waals surface area contributed by atoms with Crippen molar-refractivity contribution in [3.05, 3.63) is 33.4 Å². The first-order chi connectivity index (χ1) is 9.61. The average molecular weight is 334 g/mol. The Labute approximate surface area is 128 Å². The number of hydrogen-bond donors (Lipinski definition) is 2. The maximum absolute atomic E-state index is 5.75. The van der Waals surface area contributed by atoms with E-state index in [1.165, 1.54) is 42.5 Å². The molecule has 0 unspecified atom stereocenters. The first-order valence-corrected chi connectivity index (χ1v) is 7.98. The van der Waals surface area contributed by atoms with Crippen LogP contribution in [0.25, 0.3) is 10.9 Å². The molecule has 1 aliphatic carbocycles. The molecule has 3 N–H and O–H groups in total. The van der Waals surface area contributed by atoms with Crippen molar-refractivity contribution in [1.29, 1.82) is 0 Å². The number of nitrogens with one attached hydrogen (secondary N) is 1. The number of halogens is 1. The van der Waals surface area contributed by atoms with E-state index in [2.05, 4.69) is 47.3 Å². The number of aryl methyl sites for hydroxylation is 2. The predicted molar refractivity (Wildman–Crippen MR) is 87.9 cm³/mol. The van der Waals surface area contributed by atoms with Crippen molar-refractivity contribution >= 4 is 32.5 Å². The second kappa shape index (κ2) is 5.34. The Hall–Kier alpha value is -1.13. The standard InChI is InChI=1S/C16H20BrN3/c1-9-7-13-15(10(2)16(9)17)14(20-18)8-12(19-13)11-5-3-4-6-11/h7-8,11H,3-6,18H2,1-2H3,(H,19,20). The number of aromatic nitrogens is 1. The molecule has 0 aliphatic heterocycles. The second-order valence-corrected chi connectivity index (χ2v) is 6.54. The third-order valence-corrected chi connectivity index (χ3v) is 5.62. The van der Waals surface area contributed by atoms with Crippen LogP contribution in [0.1, 0.15) is 48.4 Å². The zero-order chi connectivity index (χ0) is 14.3. The van der Waals surface area contributed by atoms with Crippen LogP contribution in [0.5, 0.6) is 0 Å². The van der Waals surface area contributed by atoms with Crippen molar-refractivity contribution < 1.29 is 0 Å². The van der Waals surface area contributed by atoms with Crippen molar-refractivity contribution in [2.24, 2.45) is 5.84 Å². The van der Waals surface area contributed by atoms with Gasteiger partial charge in [0.2, 0.25) is 0 Å². The third-order valence-electron chi connectivity index (χ3n) is 4.40. The molecule has 0 bridgehead atoms. The summed E-state index contributed by atoms with van der Waals surface area (Å²) in [5.41, 5.74) is 8.48. The molecule has 1 fully saturated rings. The minimum absolute atomic E-state index is 0.593. The number of hydrazine groups is 1. The monoisotopic (exact) mass is 333 g/mol. The molecule has 106 valence electrons. The van der Waals surface area contributed by atoms with Crippen LogP contribution in [0.15, 0.2) is 16.6 Å². The van der Waals surface area contributed by atoms with Crippen LogP contribution < -0.4 is 11.3 Å². The normalized spacial score (nSPS) is 16.0. The number of pyridine rings is 1. The molecule has 2 aromatic rings. The average Bonchev–Trinajstić information content (AvgIpc) is 2.97. The molecule has 0 amide bonds. The molecule has 0 atom stereocenters. The van der Waals surface area contributed by atoms with Crippen molar-refractivity contribution in [2.45, 2.75) is 45.4 Å². The molecular weight excluding hydrogens is 314 g/mol. The van der Waals surface area contributed by atoms with Gasteiger partial charge in [0.15, 0.2) is 0 Å². The summed E-state index contributed by atoms with van der Waals surface area (Å²) in [4.78, 5) is 4.91. The van der Waals surface area contributed by atoms with Gasteiger partial charge in [-0.1, -0.05) is 28.8 Å². The van der Waals surface area contributed by atoms with E-state index in [0.29, 0.717) is 5.92 Å². The van der Waals surface area contributed by atoms with E-state index in [1.807, 2.05) is 0 Å². The molecular formula is C16H20BrN3. The highest BCUT2D eigenvalue weighted by molar-refractivity contribution is 9.10. The molecule has 0 saturated heterocycles. The Kier molecular flexibility index (Phi) is 3.69. The van der Waals surface area contributed by atoms with Crippen LogP contribution in [0.4, 0.5) is 5.69 Å². The Bertz CT molecular complexity index is 661. The van der Waals surface area contributed by atoms with Gasteiger partial charge in [-0.2, -0.15) is 0 Å². The van der Waals surface area contributed by atoms with Crippen LogP contribution in [0, 0.1) is 13.8 Å². The van der Waals surface area contributed by atoms with Gasteiger partial charge in [0.25, 0.3) is 0 Å². The lowest BCUT2D eigenvalue weighted by atomic mass is 9.99. The SMILES string of the molecule is Cc1cc2nc(C3CCCC3)cc(NN)c2c(C)c1Br. The van der Waals surface area contributed by atoms with Gasteiger partial charge in [0.05, 0.1) is 11.2 Å². The lowest BCUT2D eigenvalue weighted by Crippen LogP contribution is -2.10. The fraction of sp³-hybridized carbons (Fsp3) is 0.438. The maximum atomic E-state index is 5.75. The Morgan fingerprint density at radius 3 is 2.60 bits per heavy atom. The lowest BCUT2D eigenvalue weighted by Gasteiger charge is -2.16. The summed E-state index contributed by atoms with van der Waals surface area (Å²) in [7, 11) is 0. The first kappa shape index (κ1) is 13.8. The number of fused-ring (bicyclic) bond motifs is 1. The number of hydrogen-bond acceptors (Lipinski definition) is 3. The number of nitrogen functional groups attached to an aromatic ring is 1. The molecule has 1 aromatic heterocycles. The molecule has 4 heteroatoms. The van der Waals surface area contributed by atoms with Gasteiger partial charge in [-0.15, -0.1) is 0 Å². The molecule has 1 aromatic carbocycles. The minimum atomic E-state index is 0.593. The van der Waals surface area contributed by atoms with Gasteiger partial charge in [-0.25, -0.2) is 0 Å². The topological polar surface area (TPSA) is 50.9 Å². The summed E-state index contributed by atoms with van der Waals surface area (Å²) < 4.78 is 1.14. The van der Waals surface area contributed by atoms with E-state index >= 15 is 0 Å². The van der Waals surface area contributed by atoms with E-state index in [1.54, 1.807) is 0 Å². The van der Waals surface area contributed by atoms with Crippen LogP contribution >= 0.6 is 15.9 Å². The molecule has 0 spiro atoms. The Morgan fingerprint density at radius 2 is 1.95 bits per heavy atom. The first-order valence-electron chi connectivity index (χ1n) is 7.18. The zero-order valence-corrected chi connectivity index (χ0v) is 13.5. The summed E-state index contributed by atoms with van der Waals surface area (Å²) in [5.74, 6) is 6.34. The number of benzene rings is 1. The van der Waals surface area contributed by atoms with Crippen LogP contribution in [0.3, 0.4) is 0 Å². The molecule has 1 heterocycles. The molecule has 3 nitrogen and oxygen atoms in total. The second-order valence-electron chi connectivity index (χ2n) is 5.75. The van der Waals surface area contributed by atoms with Gasteiger partial charge in [-0.3, -0.25) is 10.8 Å². The Balaban J connectivity index is 2.25. The summed E-state index contributed by atoms with van der Waals surface area (Å²) in [6.45, 7) is 4.22. The zero-order valence-electron chi connectivity index (χ0n) is 12.0. The van der Waals surface area contributed by atoms with Crippen molar-refractivity contribution in [2.75, 3.05) is 5.43 Å². The largest absolute Gasteiger partial charge is 0.323 e. The highest BCUT2D eigenvalue weighted by Gasteiger charge is 2.20. The van der Waals surface area contributed by atoms with Crippen molar-refractivity contribution in [1.82, 2.24) is 4.98 Å². The number of rotatable bonds is 2. The molecule has 1 aliphatic rings. The molecule has 20 heavy (non-hydrogen) atoms. The van der Waals surface area contributed by atoms with E-state index in [-0.39, 0.29) is 0 Å². The van der Waals surface area contributed by atoms with Gasteiger partial charge >= 0.3 is 0 Å². The smallest absolute Gasteiger partial charge is 0.0732 e. The maximum Gasteiger partial charge on any atom is 0.0732 e. The molecule has 1 saturated carbocycles. The fourth-order valence-electron chi connectivity index (χ4n) is 3.30. The van der Waals surface area contributed by atoms with E-state index in [9.17, 15) is 0 Å². The fourth-order valence-corrected chi connectivity index (χ4v) is 3.62. The van der Waals surface area contributed by atoms with E-state index in [4.69, 9.17) is 10.8 Å². The summed E-state index contributed by atoms with van der Waals surface area (Å²) in [6.07, 6.45) is 5.12. The molecule has 0 radical (unpaired) electrons. The van der Waals surface area contributed by atoms with Crippen LogP contribution in [-0.4, -0.2) is 4.98 Å². The lowest BCUT2D eigenvalue weighted by molar-refractivity contribution is 0.701. The minimum Gasteiger partial charge on any atom is -0.323 e. The van der Waals surface area contributed by atoms with E-state index in [0.717, 1.165) is 21.1 Å². The van der Waals surface area contributed by atoms with E-state index < -0.39 is 0 Å². The quantitative estimate of drug-likeness (QED) is 0.625. The highest BCUT2D eigenvalue weighted by atomic mass is 79.9. The number of anilines is 1. The van der Waals surface area contributed by atoms with Crippen LogP contribution in [0.2, 0.25) is 0 Å². The van der Waals surface area contributed by atoms with Crippen molar-refractivity contribution in [3.63, 3.8) is 0 Å². The number of nitrogens with zero attached hydrogens (tertiary/aromatic N) is 1. The number of nitrogens with two attached hydrogens (primary N) is 1. The Morgan fingerprint density at radius 1 is 1.25 bits per heavy atom. The molecule has 3 rings (SSSR count). The van der Waals surface area contributed by atoms with Gasteiger partial charge < -0.3 is 5.43 Å².